The van der Waals surface area contributed by atoms with Gasteiger partial charge in [-0.3, -0.25) is 0 Å². The SMILES string of the molecule is O[C@@]12O[C@@]34CCCC[C@H]3C[C@@]13CCC[C@H]2C[C@@H]1CCCC[C@@]13O4. The largest absolute Gasteiger partial charge is 0.365 e. The molecule has 3 aliphatic heterocycles. The Kier molecular flexibility index (Phi) is 2.55. The molecular formula is C20H30O3. The summed E-state index contributed by atoms with van der Waals surface area (Å²) in [6, 6.07) is 0. The van der Waals surface area contributed by atoms with Crippen molar-refractivity contribution in [3.8, 4) is 0 Å². The third-order valence-electron chi connectivity index (χ3n) is 9.01. The fourth-order valence-electron chi connectivity index (χ4n) is 8.27. The molecule has 0 amide bonds. The number of ether oxygens (including phenoxy) is 2. The van der Waals surface area contributed by atoms with Gasteiger partial charge < -0.3 is 14.6 Å². The minimum Gasteiger partial charge on any atom is -0.365 e. The number of aliphatic hydroxyl groups is 1. The van der Waals surface area contributed by atoms with Crippen molar-refractivity contribution in [2.24, 2.45) is 23.2 Å². The lowest BCUT2D eigenvalue weighted by Gasteiger charge is -2.79. The Hall–Kier alpha value is -0.120. The zero-order valence-corrected chi connectivity index (χ0v) is 14.2. The first-order valence-electron chi connectivity index (χ1n) is 10.3. The number of hydrogen-bond donors (Lipinski definition) is 1. The van der Waals surface area contributed by atoms with E-state index in [1.807, 2.05) is 0 Å². The minimum absolute atomic E-state index is 0.0665. The van der Waals surface area contributed by atoms with Gasteiger partial charge in [-0.25, -0.2) is 0 Å². The van der Waals surface area contributed by atoms with Gasteiger partial charge in [0.25, 0.3) is 0 Å². The minimum atomic E-state index is -0.884. The van der Waals surface area contributed by atoms with Gasteiger partial charge in [-0.1, -0.05) is 25.7 Å². The van der Waals surface area contributed by atoms with Crippen LogP contribution in [0, 0.1) is 23.2 Å². The van der Waals surface area contributed by atoms with E-state index in [4.69, 9.17) is 9.47 Å². The molecule has 0 aromatic carbocycles. The molecule has 3 heteroatoms. The molecule has 0 aromatic rings. The van der Waals surface area contributed by atoms with Crippen LogP contribution in [-0.2, 0) is 9.47 Å². The molecule has 4 saturated carbocycles. The summed E-state index contributed by atoms with van der Waals surface area (Å²) in [4.78, 5) is 0. The highest BCUT2D eigenvalue weighted by atomic mass is 16.8. The first-order valence-corrected chi connectivity index (χ1v) is 10.3. The van der Waals surface area contributed by atoms with Gasteiger partial charge in [-0.2, -0.15) is 0 Å². The van der Waals surface area contributed by atoms with Crippen molar-refractivity contribution in [3.05, 3.63) is 0 Å². The molecule has 3 nitrogen and oxygen atoms in total. The molecule has 3 heterocycles. The summed E-state index contributed by atoms with van der Waals surface area (Å²) in [6.07, 6.45) is 15.7. The normalized spacial score (nSPS) is 63.3. The van der Waals surface area contributed by atoms with E-state index in [0.29, 0.717) is 17.8 Å². The predicted octanol–water partition coefficient (Wildman–Crippen LogP) is 4.13. The molecule has 0 unspecified atom stereocenters. The van der Waals surface area contributed by atoms with Crippen LogP contribution in [0.1, 0.15) is 83.5 Å². The molecule has 7 fully saturated rings. The van der Waals surface area contributed by atoms with Crippen molar-refractivity contribution in [1.82, 2.24) is 0 Å². The summed E-state index contributed by atoms with van der Waals surface area (Å²) in [7, 11) is 0. The molecule has 1 N–H and O–H groups in total. The van der Waals surface area contributed by atoms with Crippen LogP contribution in [0.4, 0.5) is 0 Å². The van der Waals surface area contributed by atoms with E-state index in [1.165, 1.54) is 57.8 Å². The quantitative estimate of drug-likeness (QED) is 0.730. The van der Waals surface area contributed by atoms with E-state index in [1.54, 1.807) is 0 Å². The second kappa shape index (κ2) is 4.16. The topological polar surface area (TPSA) is 38.7 Å². The van der Waals surface area contributed by atoms with E-state index in [9.17, 15) is 5.11 Å². The predicted molar refractivity (Wildman–Crippen MR) is 85.5 cm³/mol. The molecule has 128 valence electrons. The van der Waals surface area contributed by atoms with Gasteiger partial charge in [0.2, 0.25) is 0 Å². The lowest BCUT2D eigenvalue weighted by molar-refractivity contribution is -0.565. The average molecular weight is 318 g/mol. The van der Waals surface area contributed by atoms with Crippen LogP contribution < -0.4 is 0 Å². The molecule has 7 atom stereocenters. The fourth-order valence-corrected chi connectivity index (χ4v) is 8.27. The Labute approximate surface area is 139 Å². The van der Waals surface area contributed by atoms with Crippen LogP contribution in [-0.4, -0.2) is 22.3 Å². The maximum atomic E-state index is 11.9. The smallest absolute Gasteiger partial charge is 0.180 e. The average Bonchev–Trinajstić information content (AvgIpc) is 2.52. The standard InChI is InChI=1S/C20H30O3/c21-20-15-8-5-9-17(20)13-16-7-2-4-11-19(16,23-20)22-18(17)10-3-1-6-14(18)12-15/h14-16,21H,1-13H2/t14-,15-,16-,17+,18+,19-,20-/m0/s1. The third-order valence-corrected chi connectivity index (χ3v) is 9.01. The van der Waals surface area contributed by atoms with E-state index >= 15 is 0 Å². The highest BCUT2D eigenvalue weighted by Crippen LogP contribution is 2.77. The van der Waals surface area contributed by atoms with Crippen LogP contribution in [0.3, 0.4) is 0 Å². The van der Waals surface area contributed by atoms with Crippen molar-refractivity contribution in [3.63, 3.8) is 0 Å². The van der Waals surface area contributed by atoms with E-state index in [-0.39, 0.29) is 11.0 Å². The molecule has 7 rings (SSSR count). The van der Waals surface area contributed by atoms with Gasteiger partial charge in [0.15, 0.2) is 11.6 Å². The molecule has 5 bridgehead atoms. The molecule has 0 aromatic heterocycles. The highest BCUT2D eigenvalue weighted by molar-refractivity contribution is 5.25. The van der Waals surface area contributed by atoms with Crippen LogP contribution in [0.5, 0.6) is 0 Å². The number of hydrogen-bond acceptors (Lipinski definition) is 3. The summed E-state index contributed by atoms with van der Waals surface area (Å²) >= 11 is 0. The Balaban J connectivity index is 1.58. The summed E-state index contributed by atoms with van der Waals surface area (Å²) in [5.74, 6) is 0.231. The van der Waals surface area contributed by atoms with E-state index < -0.39 is 11.6 Å². The second-order valence-corrected chi connectivity index (χ2v) is 9.60. The monoisotopic (exact) mass is 318 g/mol. The second-order valence-electron chi connectivity index (χ2n) is 9.60. The third kappa shape index (κ3) is 1.36. The summed E-state index contributed by atoms with van der Waals surface area (Å²) in [5, 5.41) is 11.9. The van der Waals surface area contributed by atoms with E-state index in [2.05, 4.69) is 0 Å². The van der Waals surface area contributed by atoms with Crippen LogP contribution in [0.2, 0.25) is 0 Å². The van der Waals surface area contributed by atoms with Crippen molar-refractivity contribution < 1.29 is 14.6 Å². The molecular weight excluding hydrogens is 288 g/mol. The molecule has 23 heavy (non-hydrogen) atoms. The van der Waals surface area contributed by atoms with Crippen molar-refractivity contribution in [1.29, 1.82) is 0 Å². The Morgan fingerprint density at radius 1 is 0.739 bits per heavy atom. The van der Waals surface area contributed by atoms with Gasteiger partial charge in [-0.15, -0.1) is 0 Å². The zero-order chi connectivity index (χ0) is 15.3. The van der Waals surface area contributed by atoms with Crippen LogP contribution >= 0.6 is 0 Å². The van der Waals surface area contributed by atoms with Crippen LogP contribution in [0.25, 0.3) is 0 Å². The number of rotatable bonds is 0. The van der Waals surface area contributed by atoms with Gasteiger partial charge in [0, 0.05) is 18.3 Å². The summed E-state index contributed by atoms with van der Waals surface area (Å²) < 4.78 is 13.8. The molecule has 0 radical (unpaired) electrons. The van der Waals surface area contributed by atoms with Crippen molar-refractivity contribution in [2.45, 2.75) is 101 Å². The van der Waals surface area contributed by atoms with Gasteiger partial charge in [-0.05, 0) is 57.3 Å². The molecule has 3 saturated heterocycles. The summed E-state index contributed by atoms with van der Waals surface area (Å²) in [6.45, 7) is 0. The highest BCUT2D eigenvalue weighted by Gasteiger charge is 2.82. The first kappa shape index (κ1) is 14.1. The van der Waals surface area contributed by atoms with Gasteiger partial charge >= 0.3 is 0 Å². The maximum absolute atomic E-state index is 11.9. The molecule has 7 aliphatic rings. The van der Waals surface area contributed by atoms with E-state index in [0.717, 1.165) is 25.7 Å². The van der Waals surface area contributed by atoms with Gasteiger partial charge in [0.1, 0.15) is 0 Å². The Morgan fingerprint density at radius 3 is 2.43 bits per heavy atom. The lowest BCUT2D eigenvalue weighted by Crippen LogP contribution is -2.85. The zero-order valence-electron chi connectivity index (χ0n) is 14.2. The fraction of sp³-hybridized carbons (Fsp3) is 1.00. The van der Waals surface area contributed by atoms with Gasteiger partial charge in [0.05, 0.1) is 11.0 Å². The van der Waals surface area contributed by atoms with Crippen molar-refractivity contribution in [2.75, 3.05) is 0 Å². The Bertz CT molecular complexity index is 549. The van der Waals surface area contributed by atoms with Crippen molar-refractivity contribution >= 4 is 0 Å². The molecule has 4 aliphatic carbocycles. The maximum Gasteiger partial charge on any atom is 0.180 e. The lowest BCUT2D eigenvalue weighted by atomic mass is 9.40. The first-order chi connectivity index (χ1) is 11.1. The molecule has 3 spiro atoms. The summed E-state index contributed by atoms with van der Waals surface area (Å²) in [5.41, 5.74) is -0.168. The Morgan fingerprint density at radius 2 is 1.52 bits per heavy atom. The van der Waals surface area contributed by atoms with Crippen LogP contribution in [0.15, 0.2) is 0 Å².